The minimum atomic E-state index is -0.912. The first-order valence-corrected chi connectivity index (χ1v) is 8.65. The van der Waals surface area contributed by atoms with Crippen LogP contribution in [0.2, 0.25) is 0 Å². The Morgan fingerprint density at radius 3 is 2.58 bits per heavy atom. The molecule has 4 nitrogen and oxygen atoms in total. The number of pyridine rings is 1. The molecule has 5 heteroatoms. The van der Waals surface area contributed by atoms with Crippen molar-refractivity contribution in [1.82, 2.24) is 10.3 Å². The Hall–Kier alpha value is -2.15. The zero-order valence-corrected chi connectivity index (χ0v) is 15.5. The zero-order chi connectivity index (χ0) is 17.3. The van der Waals surface area contributed by atoms with E-state index >= 15 is 0 Å². The number of halogens is 1. The molecule has 2 heterocycles. The first kappa shape index (κ1) is 16.7. The van der Waals surface area contributed by atoms with E-state index in [9.17, 15) is 9.90 Å². The van der Waals surface area contributed by atoms with E-state index in [1.807, 2.05) is 56.3 Å². The molecule has 0 bridgehead atoms. The van der Waals surface area contributed by atoms with Crippen LogP contribution in [-0.4, -0.2) is 16.1 Å². The summed E-state index contributed by atoms with van der Waals surface area (Å²) in [7, 11) is 0. The number of aliphatic carboxylic acids is 1. The highest BCUT2D eigenvalue weighted by Gasteiger charge is 2.34. The summed E-state index contributed by atoms with van der Waals surface area (Å²) in [5, 5.41) is 13.0. The SMILES string of the molecule is CC1=C(C(=O)O)C(c2cccc(I)c2)C(c2ccccn2)=C(C)N1. The molecule has 2 N–H and O–H groups in total. The highest BCUT2D eigenvalue weighted by atomic mass is 127. The molecule has 1 unspecified atom stereocenters. The molecule has 0 aliphatic carbocycles. The van der Waals surface area contributed by atoms with Gasteiger partial charge in [0.15, 0.2) is 0 Å². The molecule has 0 amide bonds. The topological polar surface area (TPSA) is 62.2 Å². The lowest BCUT2D eigenvalue weighted by Crippen LogP contribution is -2.27. The Morgan fingerprint density at radius 1 is 1.17 bits per heavy atom. The third-order valence-corrected chi connectivity index (χ3v) is 4.78. The number of carboxylic acids is 1. The zero-order valence-electron chi connectivity index (χ0n) is 13.4. The van der Waals surface area contributed by atoms with Crippen molar-refractivity contribution in [3.8, 4) is 0 Å². The van der Waals surface area contributed by atoms with Crippen molar-refractivity contribution in [2.75, 3.05) is 0 Å². The molecular weight excluding hydrogens is 415 g/mol. The molecule has 0 spiro atoms. The number of rotatable bonds is 3. The third-order valence-electron chi connectivity index (χ3n) is 4.11. The summed E-state index contributed by atoms with van der Waals surface area (Å²) >= 11 is 2.25. The number of benzene rings is 1. The minimum Gasteiger partial charge on any atom is -0.478 e. The van der Waals surface area contributed by atoms with E-state index in [0.717, 1.165) is 26.1 Å². The minimum absolute atomic E-state index is 0.353. The molecule has 1 aliphatic heterocycles. The summed E-state index contributed by atoms with van der Waals surface area (Å²) in [6.07, 6.45) is 1.73. The monoisotopic (exact) mass is 432 g/mol. The van der Waals surface area contributed by atoms with Gasteiger partial charge < -0.3 is 10.4 Å². The second-order valence-electron chi connectivity index (χ2n) is 5.71. The van der Waals surface area contributed by atoms with Gasteiger partial charge in [0.05, 0.1) is 11.3 Å². The molecule has 1 aromatic heterocycles. The molecule has 1 aromatic carbocycles. The first-order valence-electron chi connectivity index (χ1n) is 7.57. The molecule has 2 aromatic rings. The van der Waals surface area contributed by atoms with Crippen LogP contribution in [0.15, 0.2) is 65.6 Å². The van der Waals surface area contributed by atoms with E-state index in [-0.39, 0.29) is 5.92 Å². The van der Waals surface area contributed by atoms with Crippen molar-refractivity contribution in [3.63, 3.8) is 0 Å². The molecular formula is C19H17IN2O2. The molecule has 1 atom stereocenters. The summed E-state index contributed by atoms with van der Waals surface area (Å²) in [5.74, 6) is -1.27. The number of nitrogens with one attached hydrogen (secondary N) is 1. The summed E-state index contributed by atoms with van der Waals surface area (Å²) in [6, 6.07) is 13.7. The van der Waals surface area contributed by atoms with Gasteiger partial charge in [0.2, 0.25) is 0 Å². The lowest BCUT2D eigenvalue weighted by atomic mass is 9.79. The van der Waals surface area contributed by atoms with Gasteiger partial charge in [-0.05, 0) is 66.3 Å². The number of aromatic nitrogens is 1. The Balaban J connectivity index is 2.25. The number of dihydropyridines is 1. The van der Waals surface area contributed by atoms with E-state index in [4.69, 9.17) is 0 Å². The highest BCUT2D eigenvalue weighted by molar-refractivity contribution is 14.1. The molecule has 0 radical (unpaired) electrons. The fourth-order valence-corrected chi connectivity index (χ4v) is 3.73. The molecule has 0 saturated heterocycles. The van der Waals surface area contributed by atoms with Gasteiger partial charge >= 0.3 is 5.97 Å². The quantitative estimate of drug-likeness (QED) is 0.716. The maximum Gasteiger partial charge on any atom is 0.334 e. The van der Waals surface area contributed by atoms with Gasteiger partial charge in [-0.3, -0.25) is 4.98 Å². The molecule has 1 aliphatic rings. The number of carbonyl (C=O) groups is 1. The van der Waals surface area contributed by atoms with Crippen LogP contribution in [0.4, 0.5) is 0 Å². The maximum absolute atomic E-state index is 12.0. The maximum atomic E-state index is 12.0. The van der Waals surface area contributed by atoms with Crippen LogP contribution in [0.5, 0.6) is 0 Å². The van der Waals surface area contributed by atoms with Gasteiger partial charge in [-0.1, -0.05) is 18.2 Å². The van der Waals surface area contributed by atoms with E-state index in [0.29, 0.717) is 11.3 Å². The summed E-state index contributed by atoms with van der Waals surface area (Å²) in [4.78, 5) is 16.4. The Labute approximate surface area is 154 Å². The van der Waals surface area contributed by atoms with Crippen molar-refractivity contribution in [2.24, 2.45) is 0 Å². The van der Waals surface area contributed by atoms with Gasteiger partial charge in [-0.2, -0.15) is 0 Å². The summed E-state index contributed by atoms with van der Waals surface area (Å²) in [5.41, 5.74) is 4.62. The van der Waals surface area contributed by atoms with Crippen molar-refractivity contribution < 1.29 is 9.90 Å². The van der Waals surface area contributed by atoms with Crippen LogP contribution in [0.25, 0.3) is 5.57 Å². The standard InChI is InChI=1S/C19H17IN2O2/c1-11-16(15-8-3-4-9-21-15)18(13-6-5-7-14(20)10-13)17(19(23)24)12(2)22-11/h3-10,18,22H,1-2H3,(H,23,24). The predicted octanol–water partition coefficient (Wildman–Crippen LogP) is 4.16. The molecule has 0 fully saturated rings. The van der Waals surface area contributed by atoms with Crippen molar-refractivity contribution in [1.29, 1.82) is 0 Å². The first-order chi connectivity index (χ1) is 11.5. The Bertz CT molecular complexity index is 857. The fraction of sp³-hybridized carbons (Fsp3) is 0.158. The molecule has 3 rings (SSSR count). The Morgan fingerprint density at radius 2 is 1.96 bits per heavy atom. The lowest BCUT2D eigenvalue weighted by Gasteiger charge is -2.30. The van der Waals surface area contributed by atoms with E-state index in [1.165, 1.54) is 0 Å². The number of hydrogen-bond donors (Lipinski definition) is 2. The van der Waals surface area contributed by atoms with E-state index in [1.54, 1.807) is 6.20 Å². The molecule has 0 saturated carbocycles. The number of carboxylic acid groups (broad SMARTS) is 1. The largest absolute Gasteiger partial charge is 0.478 e. The van der Waals surface area contributed by atoms with Gasteiger partial charge in [-0.15, -0.1) is 0 Å². The van der Waals surface area contributed by atoms with Crippen molar-refractivity contribution >= 4 is 34.1 Å². The summed E-state index contributed by atoms with van der Waals surface area (Å²) < 4.78 is 1.07. The van der Waals surface area contributed by atoms with Gasteiger partial charge in [0, 0.05) is 32.7 Å². The van der Waals surface area contributed by atoms with Crippen LogP contribution < -0.4 is 5.32 Å². The van der Waals surface area contributed by atoms with Gasteiger partial charge in [0.25, 0.3) is 0 Å². The third kappa shape index (κ3) is 3.08. The second-order valence-corrected chi connectivity index (χ2v) is 6.96. The Kier molecular flexibility index (Phi) is 4.71. The fourth-order valence-electron chi connectivity index (χ4n) is 3.16. The predicted molar refractivity (Wildman–Crippen MR) is 102 cm³/mol. The average Bonchev–Trinajstić information content (AvgIpc) is 2.54. The van der Waals surface area contributed by atoms with E-state index < -0.39 is 5.97 Å². The van der Waals surface area contributed by atoms with Crippen LogP contribution in [0, 0.1) is 3.57 Å². The van der Waals surface area contributed by atoms with Crippen LogP contribution >= 0.6 is 22.6 Å². The van der Waals surface area contributed by atoms with Crippen LogP contribution in [0.1, 0.15) is 31.0 Å². The normalized spacial score (nSPS) is 17.7. The van der Waals surface area contributed by atoms with Gasteiger partial charge in [-0.25, -0.2) is 4.79 Å². The van der Waals surface area contributed by atoms with Crippen molar-refractivity contribution in [3.05, 3.63) is 80.5 Å². The van der Waals surface area contributed by atoms with Gasteiger partial charge in [0.1, 0.15) is 0 Å². The average molecular weight is 432 g/mol. The number of nitrogens with zero attached hydrogens (tertiary/aromatic N) is 1. The molecule has 122 valence electrons. The van der Waals surface area contributed by atoms with Crippen LogP contribution in [0.3, 0.4) is 0 Å². The van der Waals surface area contributed by atoms with Crippen molar-refractivity contribution in [2.45, 2.75) is 19.8 Å². The number of hydrogen-bond acceptors (Lipinski definition) is 3. The molecule has 24 heavy (non-hydrogen) atoms. The highest BCUT2D eigenvalue weighted by Crippen LogP contribution is 2.42. The smallest absolute Gasteiger partial charge is 0.334 e. The van der Waals surface area contributed by atoms with Crippen LogP contribution in [-0.2, 0) is 4.79 Å². The van der Waals surface area contributed by atoms with E-state index in [2.05, 4.69) is 32.9 Å². The summed E-state index contributed by atoms with van der Waals surface area (Å²) in [6.45, 7) is 3.77. The second kappa shape index (κ2) is 6.76. The number of allylic oxidation sites excluding steroid dienone is 3. The lowest BCUT2D eigenvalue weighted by molar-refractivity contribution is -0.132.